The van der Waals surface area contributed by atoms with Crippen LogP contribution in [0.4, 0.5) is 0 Å². The summed E-state index contributed by atoms with van der Waals surface area (Å²) in [6, 6.07) is 24.2. The summed E-state index contributed by atoms with van der Waals surface area (Å²) in [6.07, 6.45) is 3.44. The van der Waals surface area contributed by atoms with E-state index in [9.17, 15) is 14.7 Å². The molecule has 34 heavy (non-hydrogen) atoms. The fraction of sp³-hybridized carbons (Fsp3) is 0.143. The van der Waals surface area contributed by atoms with E-state index in [1.165, 1.54) is 0 Å². The Bertz CT molecular complexity index is 1310. The number of allylic oxidation sites excluding steroid dienone is 1. The summed E-state index contributed by atoms with van der Waals surface area (Å²) in [5.41, 5.74) is 3.66. The fourth-order valence-electron chi connectivity index (χ4n) is 3.78. The molecule has 0 aliphatic rings. The van der Waals surface area contributed by atoms with Gasteiger partial charge in [-0.05, 0) is 34.7 Å². The summed E-state index contributed by atoms with van der Waals surface area (Å²) in [5, 5.41) is 14.0. The molecule has 0 fully saturated rings. The number of hydrogen-bond acceptors (Lipinski definition) is 4. The first-order chi connectivity index (χ1) is 16.5. The molecule has 6 heteroatoms. The number of carboxylic acids is 1. The number of aromatic carboxylic acids is 1. The molecular weight excluding hydrogens is 426 g/mol. The number of rotatable bonds is 10. The number of aryl methyl sites for hydroxylation is 1. The van der Waals surface area contributed by atoms with Gasteiger partial charge in [-0.2, -0.15) is 0 Å². The van der Waals surface area contributed by atoms with Crippen LogP contribution in [0.25, 0.3) is 11.1 Å². The lowest BCUT2D eigenvalue weighted by atomic mass is 9.99. The number of hydrogen-bond donors (Lipinski definition) is 1. The number of carbonyl (C=O) groups is 2. The van der Waals surface area contributed by atoms with Crippen molar-refractivity contribution in [2.24, 2.45) is 0 Å². The van der Waals surface area contributed by atoms with E-state index in [1.54, 1.807) is 22.9 Å². The van der Waals surface area contributed by atoms with Crippen LogP contribution in [0.2, 0.25) is 0 Å². The van der Waals surface area contributed by atoms with Gasteiger partial charge < -0.3 is 5.11 Å². The zero-order valence-electron chi connectivity index (χ0n) is 18.7. The molecule has 0 aliphatic heterocycles. The highest BCUT2D eigenvalue weighted by Gasteiger charge is 2.17. The summed E-state index contributed by atoms with van der Waals surface area (Å²) in [7, 11) is 0. The Morgan fingerprint density at radius 2 is 1.62 bits per heavy atom. The molecule has 0 aliphatic carbocycles. The van der Waals surface area contributed by atoms with Crippen LogP contribution in [0.3, 0.4) is 0 Å². The zero-order valence-corrected chi connectivity index (χ0v) is 18.7. The molecule has 0 bridgehead atoms. The second-order valence-corrected chi connectivity index (χ2v) is 7.97. The molecule has 1 heterocycles. The van der Waals surface area contributed by atoms with Gasteiger partial charge in [0.1, 0.15) is 5.82 Å². The van der Waals surface area contributed by atoms with Crippen LogP contribution in [0.5, 0.6) is 0 Å². The maximum atomic E-state index is 12.8. The minimum atomic E-state index is -0.957. The van der Waals surface area contributed by atoms with E-state index < -0.39 is 5.97 Å². The molecule has 4 rings (SSSR count). The molecular formula is C28H25N3O3. The Hall–Kier alpha value is -4.32. The highest BCUT2D eigenvalue weighted by Crippen LogP contribution is 2.24. The Balaban J connectivity index is 1.56. The number of carbonyl (C=O) groups excluding carboxylic acids is 1. The average Bonchev–Trinajstić information content (AvgIpc) is 3.26. The Kier molecular flexibility index (Phi) is 7.08. The predicted octanol–water partition coefficient (Wildman–Crippen LogP) is 5.24. The fourth-order valence-corrected chi connectivity index (χ4v) is 3.78. The lowest BCUT2D eigenvalue weighted by molar-refractivity contribution is 0.0697. The molecule has 0 unspecified atom stereocenters. The van der Waals surface area contributed by atoms with Crippen LogP contribution in [-0.2, 0) is 19.4 Å². The van der Waals surface area contributed by atoms with Crippen LogP contribution >= 0.6 is 0 Å². The van der Waals surface area contributed by atoms with Crippen molar-refractivity contribution in [1.82, 2.24) is 14.8 Å². The van der Waals surface area contributed by atoms with Crippen LogP contribution in [0, 0.1) is 0 Å². The molecule has 6 nitrogen and oxygen atoms in total. The zero-order chi connectivity index (χ0) is 23.9. The number of aromatic nitrogens is 3. The lowest BCUT2D eigenvalue weighted by Gasteiger charge is -2.09. The van der Waals surface area contributed by atoms with Gasteiger partial charge >= 0.3 is 5.97 Å². The van der Waals surface area contributed by atoms with Crippen molar-refractivity contribution in [3.8, 4) is 11.1 Å². The van der Waals surface area contributed by atoms with Gasteiger partial charge in [-0.3, -0.25) is 4.79 Å². The second kappa shape index (κ2) is 10.5. The molecule has 3 aromatic carbocycles. The third-order valence-corrected chi connectivity index (χ3v) is 5.53. The molecule has 0 radical (unpaired) electrons. The highest BCUT2D eigenvalue weighted by molar-refractivity contribution is 5.96. The van der Waals surface area contributed by atoms with Crippen molar-refractivity contribution in [3.63, 3.8) is 0 Å². The summed E-state index contributed by atoms with van der Waals surface area (Å²) >= 11 is 0. The number of benzene rings is 3. The molecule has 0 saturated carbocycles. The van der Waals surface area contributed by atoms with Gasteiger partial charge in [0.05, 0.1) is 12.1 Å². The van der Waals surface area contributed by atoms with Crippen LogP contribution in [0.15, 0.2) is 91.5 Å². The van der Waals surface area contributed by atoms with Crippen molar-refractivity contribution < 1.29 is 14.7 Å². The summed E-state index contributed by atoms with van der Waals surface area (Å²) in [4.78, 5) is 28.9. The second-order valence-electron chi connectivity index (χ2n) is 7.97. The summed E-state index contributed by atoms with van der Waals surface area (Å²) < 4.78 is 1.77. The SMILES string of the molecule is C=CCCc1nc(C(=O)Cc2ccccc2)nn1Cc1ccc(-c2ccccc2C(=O)O)cc1. The van der Waals surface area contributed by atoms with Crippen LogP contribution < -0.4 is 0 Å². The number of Topliss-reactive ketones (excluding diaryl/α,β-unsaturated/α-hetero) is 1. The number of nitrogens with zero attached hydrogens (tertiary/aromatic N) is 3. The first-order valence-corrected chi connectivity index (χ1v) is 11.1. The molecule has 0 spiro atoms. The van der Waals surface area contributed by atoms with Gasteiger partial charge in [0.2, 0.25) is 11.6 Å². The average molecular weight is 452 g/mol. The lowest BCUT2D eigenvalue weighted by Crippen LogP contribution is -2.09. The summed E-state index contributed by atoms with van der Waals surface area (Å²) in [5.74, 6) is -0.126. The maximum absolute atomic E-state index is 12.8. The first-order valence-electron chi connectivity index (χ1n) is 11.1. The monoisotopic (exact) mass is 451 g/mol. The van der Waals surface area contributed by atoms with Gasteiger partial charge in [0, 0.05) is 12.8 Å². The summed E-state index contributed by atoms with van der Waals surface area (Å²) in [6.45, 7) is 4.24. The topological polar surface area (TPSA) is 85.1 Å². The normalized spacial score (nSPS) is 10.7. The van der Waals surface area contributed by atoms with Gasteiger partial charge in [-0.25, -0.2) is 14.5 Å². The van der Waals surface area contributed by atoms with E-state index in [-0.39, 0.29) is 23.6 Å². The van der Waals surface area contributed by atoms with Gasteiger partial charge in [-0.15, -0.1) is 11.7 Å². The Labute approximate surface area is 198 Å². The first kappa shape index (κ1) is 22.9. The Morgan fingerprint density at radius 3 is 2.32 bits per heavy atom. The van der Waals surface area contributed by atoms with Crippen molar-refractivity contribution in [2.75, 3.05) is 0 Å². The minimum Gasteiger partial charge on any atom is -0.478 e. The highest BCUT2D eigenvalue weighted by atomic mass is 16.4. The van der Waals surface area contributed by atoms with Crippen molar-refractivity contribution >= 4 is 11.8 Å². The van der Waals surface area contributed by atoms with Gasteiger partial charge in [0.25, 0.3) is 0 Å². The predicted molar refractivity (Wildman–Crippen MR) is 131 cm³/mol. The molecule has 1 aromatic heterocycles. The third-order valence-electron chi connectivity index (χ3n) is 5.53. The van der Waals surface area contributed by atoms with E-state index in [0.29, 0.717) is 18.5 Å². The van der Waals surface area contributed by atoms with E-state index >= 15 is 0 Å². The molecule has 0 saturated heterocycles. The number of ketones is 1. The number of carboxylic acid groups (broad SMARTS) is 1. The van der Waals surface area contributed by atoms with Crippen molar-refractivity contribution in [1.29, 1.82) is 0 Å². The van der Waals surface area contributed by atoms with E-state index in [1.807, 2.05) is 66.7 Å². The third kappa shape index (κ3) is 5.35. The molecule has 4 aromatic rings. The maximum Gasteiger partial charge on any atom is 0.336 e. The standard InChI is InChI=1S/C28H25N3O3/c1-2-3-13-26-29-27(25(32)18-20-9-5-4-6-10-20)30-31(26)19-21-14-16-22(17-15-21)23-11-7-8-12-24(23)28(33)34/h2,4-12,14-17H,1,3,13,18-19H2,(H,33,34). The molecule has 0 atom stereocenters. The smallest absolute Gasteiger partial charge is 0.336 e. The molecule has 1 N–H and O–H groups in total. The van der Waals surface area contributed by atoms with Crippen molar-refractivity contribution in [3.05, 3.63) is 120 Å². The minimum absolute atomic E-state index is 0.120. The van der Waals surface area contributed by atoms with E-state index in [4.69, 9.17) is 0 Å². The molecule has 170 valence electrons. The quantitative estimate of drug-likeness (QED) is 0.263. The molecule has 0 amide bonds. The largest absolute Gasteiger partial charge is 0.478 e. The Morgan fingerprint density at radius 1 is 0.912 bits per heavy atom. The van der Waals surface area contributed by atoms with E-state index in [0.717, 1.165) is 28.9 Å². The van der Waals surface area contributed by atoms with Crippen LogP contribution in [-0.4, -0.2) is 31.6 Å². The van der Waals surface area contributed by atoms with Crippen molar-refractivity contribution in [2.45, 2.75) is 25.8 Å². The van der Waals surface area contributed by atoms with Crippen LogP contribution in [0.1, 0.15) is 44.3 Å². The van der Waals surface area contributed by atoms with Gasteiger partial charge in [0.15, 0.2) is 0 Å². The van der Waals surface area contributed by atoms with E-state index in [2.05, 4.69) is 16.7 Å². The van der Waals surface area contributed by atoms with Gasteiger partial charge in [-0.1, -0.05) is 78.9 Å².